The summed E-state index contributed by atoms with van der Waals surface area (Å²) in [5.74, 6) is -0.523. The van der Waals surface area contributed by atoms with Gasteiger partial charge < -0.3 is 10.6 Å². The largest absolute Gasteiger partial charge is 0.408 e. The number of alkyl halides is 3. The Balaban J connectivity index is 1.88. The van der Waals surface area contributed by atoms with E-state index >= 15 is 0 Å². The Kier molecular flexibility index (Phi) is 5.54. The fourth-order valence-corrected chi connectivity index (χ4v) is 3.11. The molecule has 1 fully saturated rings. The van der Waals surface area contributed by atoms with Gasteiger partial charge in [-0.2, -0.15) is 18.3 Å². The van der Waals surface area contributed by atoms with Crippen LogP contribution in [-0.4, -0.2) is 34.5 Å². The lowest BCUT2D eigenvalue weighted by Gasteiger charge is -2.27. The molecule has 2 atom stereocenters. The van der Waals surface area contributed by atoms with Gasteiger partial charge in [-0.3, -0.25) is 5.10 Å². The van der Waals surface area contributed by atoms with E-state index in [1.54, 1.807) is 6.92 Å². The first-order chi connectivity index (χ1) is 10.8. The maximum atomic E-state index is 13.2. The summed E-state index contributed by atoms with van der Waals surface area (Å²) in [7, 11) is 0. The van der Waals surface area contributed by atoms with Crippen molar-refractivity contribution in [1.29, 1.82) is 0 Å². The zero-order valence-corrected chi connectivity index (χ0v) is 13.3. The zero-order chi connectivity index (χ0) is 17.0. The number of nitrogens with zero attached hydrogens (tertiary/aromatic N) is 1. The van der Waals surface area contributed by atoms with Crippen molar-refractivity contribution in [2.45, 2.75) is 64.2 Å². The van der Waals surface area contributed by atoms with Gasteiger partial charge in [0.05, 0.1) is 5.69 Å². The van der Waals surface area contributed by atoms with E-state index in [4.69, 9.17) is 0 Å². The van der Waals surface area contributed by atoms with Crippen molar-refractivity contribution in [3.05, 3.63) is 17.5 Å². The highest BCUT2D eigenvalue weighted by molar-refractivity contribution is 5.74. The van der Waals surface area contributed by atoms with E-state index in [-0.39, 0.29) is 6.04 Å². The van der Waals surface area contributed by atoms with E-state index in [0.29, 0.717) is 19.3 Å². The molecule has 0 aliphatic heterocycles. The molecule has 0 spiro atoms. The van der Waals surface area contributed by atoms with Crippen LogP contribution >= 0.6 is 0 Å². The fourth-order valence-electron chi connectivity index (χ4n) is 3.11. The van der Waals surface area contributed by atoms with Crippen molar-refractivity contribution in [2.75, 3.05) is 0 Å². The standard InChI is InChI=1S/C15H23F3N4O/c1-9(7-12-8-10(2)21-22-12)19-14(23)20-13(15(16,17)18)11-5-3-4-6-11/h8-9,11,13H,3-7H2,1-2H3,(H,21,22)(H2,19,20,23)/t9-,13+/m1/s1. The van der Waals surface area contributed by atoms with Crippen molar-refractivity contribution >= 4 is 6.03 Å². The summed E-state index contributed by atoms with van der Waals surface area (Å²) in [4.78, 5) is 11.9. The fraction of sp³-hybridized carbons (Fsp3) is 0.733. The van der Waals surface area contributed by atoms with E-state index < -0.39 is 24.2 Å². The zero-order valence-electron chi connectivity index (χ0n) is 13.3. The van der Waals surface area contributed by atoms with Crippen LogP contribution < -0.4 is 10.6 Å². The number of urea groups is 1. The van der Waals surface area contributed by atoms with Crippen LogP contribution in [0.5, 0.6) is 0 Å². The molecule has 1 heterocycles. The van der Waals surface area contributed by atoms with Crippen LogP contribution in [0, 0.1) is 12.8 Å². The highest BCUT2D eigenvalue weighted by Gasteiger charge is 2.46. The van der Waals surface area contributed by atoms with Crippen LogP contribution in [0.4, 0.5) is 18.0 Å². The molecule has 23 heavy (non-hydrogen) atoms. The Labute approximate surface area is 133 Å². The lowest BCUT2D eigenvalue weighted by Crippen LogP contribution is -2.54. The van der Waals surface area contributed by atoms with E-state index in [9.17, 15) is 18.0 Å². The summed E-state index contributed by atoms with van der Waals surface area (Å²) in [6, 6.07) is -1.02. The number of aryl methyl sites for hydroxylation is 1. The molecule has 1 aromatic rings. The van der Waals surface area contributed by atoms with E-state index in [2.05, 4.69) is 20.8 Å². The second-order valence-electron chi connectivity index (χ2n) is 6.33. The van der Waals surface area contributed by atoms with Crippen LogP contribution in [0.15, 0.2) is 6.07 Å². The van der Waals surface area contributed by atoms with E-state index in [1.807, 2.05) is 13.0 Å². The normalized spacial score (nSPS) is 18.7. The number of hydrogen-bond acceptors (Lipinski definition) is 2. The molecule has 2 rings (SSSR count). The third-order valence-electron chi connectivity index (χ3n) is 4.16. The lowest BCUT2D eigenvalue weighted by molar-refractivity contribution is -0.164. The highest BCUT2D eigenvalue weighted by Crippen LogP contribution is 2.35. The first-order valence-corrected chi connectivity index (χ1v) is 7.90. The van der Waals surface area contributed by atoms with Crippen LogP contribution in [0.2, 0.25) is 0 Å². The average Bonchev–Trinajstić information content (AvgIpc) is 3.06. The molecule has 0 unspecified atom stereocenters. The maximum absolute atomic E-state index is 13.2. The molecule has 8 heteroatoms. The first-order valence-electron chi connectivity index (χ1n) is 7.90. The molecule has 130 valence electrons. The third kappa shape index (κ3) is 5.14. The predicted molar refractivity (Wildman–Crippen MR) is 80.0 cm³/mol. The van der Waals surface area contributed by atoms with Gasteiger partial charge in [0, 0.05) is 18.2 Å². The summed E-state index contributed by atoms with van der Waals surface area (Å²) >= 11 is 0. The number of H-pyrrole nitrogens is 1. The Bertz CT molecular complexity index is 523. The molecular formula is C15H23F3N4O. The number of halogens is 3. The molecule has 0 saturated heterocycles. The van der Waals surface area contributed by atoms with Crippen molar-refractivity contribution in [3.63, 3.8) is 0 Å². The van der Waals surface area contributed by atoms with Gasteiger partial charge in [-0.1, -0.05) is 12.8 Å². The van der Waals surface area contributed by atoms with Gasteiger partial charge in [0.2, 0.25) is 0 Å². The summed E-state index contributed by atoms with van der Waals surface area (Å²) < 4.78 is 39.5. The van der Waals surface area contributed by atoms with E-state index in [0.717, 1.165) is 24.2 Å². The lowest BCUT2D eigenvalue weighted by atomic mass is 9.98. The number of nitrogens with one attached hydrogen (secondary N) is 3. The quantitative estimate of drug-likeness (QED) is 0.775. The van der Waals surface area contributed by atoms with Gasteiger partial charge in [-0.15, -0.1) is 0 Å². The topological polar surface area (TPSA) is 69.8 Å². The summed E-state index contributed by atoms with van der Waals surface area (Å²) in [5, 5.41) is 11.5. The minimum atomic E-state index is -4.42. The minimum Gasteiger partial charge on any atom is -0.335 e. The number of carbonyl (C=O) groups excluding carboxylic acids is 1. The van der Waals surface area contributed by atoms with Gasteiger partial charge in [-0.05, 0) is 38.7 Å². The Morgan fingerprint density at radius 1 is 1.39 bits per heavy atom. The first kappa shape index (κ1) is 17.6. The molecule has 0 radical (unpaired) electrons. The minimum absolute atomic E-state index is 0.310. The van der Waals surface area contributed by atoms with Gasteiger partial charge in [-0.25, -0.2) is 4.79 Å². The number of carbonyl (C=O) groups is 1. The number of amides is 2. The van der Waals surface area contributed by atoms with Gasteiger partial charge in [0.1, 0.15) is 6.04 Å². The Morgan fingerprint density at radius 2 is 2.04 bits per heavy atom. The van der Waals surface area contributed by atoms with Crippen molar-refractivity contribution < 1.29 is 18.0 Å². The molecule has 2 amide bonds. The van der Waals surface area contributed by atoms with Crippen LogP contribution in [0.25, 0.3) is 0 Å². The van der Waals surface area contributed by atoms with Gasteiger partial charge in [0.15, 0.2) is 0 Å². The Morgan fingerprint density at radius 3 is 2.57 bits per heavy atom. The molecule has 1 aromatic heterocycles. The molecule has 0 bridgehead atoms. The number of aromatic nitrogens is 2. The van der Waals surface area contributed by atoms with Crippen LogP contribution in [0.3, 0.4) is 0 Å². The molecular weight excluding hydrogens is 309 g/mol. The molecule has 1 aliphatic carbocycles. The SMILES string of the molecule is Cc1cc(C[C@@H](C)NC(=O)N[C@@H](C2CCCC2)C(F)(F)F)n[nH]1. The van der Waals surface area contributed by atoms with Gasteiger partial charge >= 0.3 is 12.2 Å². The van der Waals surface area contributed by atoms with Crippen LogP contribution in [-0.2, 0) is 6.42 Å². The second-order valence-corrected chi connectivity index (χ2v) is 6.33. The molecule has 0 aromatic carbocycles. The molecule has 3 N–H and O–H groups in total. The highest BCUT2D eigenvalue weighted by atomic mass is 19.4. The van der Waals surface area contributed by atoms with Crippen molar-refractivity contribution in [2.24, 2.45) is 5.92 Å². The van der Waals surface area contributed by atoms with Crippen LogP contribution in [0.1, 0.15) is 44.0 Å². The predicted octanol–water partition coefficient (Wildman–Crippen LogP) is 3.07. The average molecular weight is 332 g/mol. The van der Waals surface area contributed by atoms with Crippen molar-refractivity contribution in [3.8, 4) is 0 Å². The smallest absolute Gasteiger partial charge is 0.335 e. The molecule has 5 nitrogen and oxygen atoms in total. The molecule has 1 aliphatic rings. The number of hydrogen-bond donors (Lipinski definition) is 3. The maximum Gasteiger partial charge on any atom is 0.408 e. The number of aromatic amines is 1. The molecule has 1 saturated carbocycles. The van der Waals surface area contributed by atoms with E-state index in [1.165, 1.54) is 0 Å². The number of rotatable bonds is 5. The van der Waals surface area contributed by atoms with Gasteiger partial charge in [0.25, 0.3) is 0 Å². The monoisotopic (exact) mass is 332 g/mol. The second kappa shape index (κ2) is 7.23. The van der Waals surface area contributed by atoms with Crippen molar-refractivity contribution in [1.82, 2.24) is 20.8 Å². The summed E-state index contributed by atoms with van der Waals surface area (Å²) in [6.45, 7) is 3.60. The summed E-state index contributed by atoms with van der Waals surface area (Å²) in [6.07, 6.45) is -1.38. The third-order valence-corrected chi connectivity index (χ3v) is 4.16. The Hall–Kier alpha value is -1.73. The summed E-state index contributed by atoms with van der Waals surface area (Å²) in [5.41, 5.74) is 1.66.